The standard InChI is InChI=1S/C50H84NO9P/c1-6-8-10-11-12-13-14-15-16-17-18-19-24-27-30-33-37-41-50(53)59-46(45-58-61(54,55)57-43-42-51(3,4)5)44-56-49(52)40-36-32-29-26-23-21-20-22-25-28-31-35-39-48-47(60-48)38-34-9-7-2/h9,12-13,15-16,21-23,25,29,31-32,34-35,46-48H,6-8,10-11,14,17-20,24,26-28,30,33,36-45H2,1-5H3/b13-12-,16-15-,23-21-,25-22-,32-29-,34-9-,35-31-/t46-,47?,48?/m1/s1. The molecular weight excluding hydrogens is 790 g/mol. The van der Waals surface area contributed by atoms with E-state index in [-0.39, 0.29) is 26.1 Å². The molecule has 0 radical (unpaired) electrons. The van der Waals surface area contributed by atoms with Gasteiger partial charge in [-0.15, -0.1) is 0 Å². The van der Waals surface area contributed by atoms with Gasteiger partial charge in [-0.1, -0.05) is 144 Å². The fourth-order valence-electron chi connectivity index (χ4n) is 6.04. The average molecular weight is 874 g/mol. The fourth-order valence-corrected chi connectivity index (χ4v) is 6.77. The minimum atomic E-state index is -4.65. The number of phosphoric acid groups is 1. The summed E-state index contributed by atoms with van der Waals surface area (Å²) in [4.78, 5) is 37.6. The minimum Gasteiger partial charge on any atom is -0.756 e. The molecule has 11 heteroatoms. The molecule has 0 bridgehead atoms. The Labute approximate surface area is 371 Å². The molecule has 0 saturated carbocycles. The van der Waals surface area contributed by atoms with E-state index in [1.807, 2.05) is 33.3 Å². The fraction of sp³-hybridized carbons (Fsp3) is 0.680. The smallest absolute Gasteiger partial charge is 0.306 e. The highest BCUT2D eigenvalue weighted by atomic mass is 31.2. The second-order valence-corrected chi connectivity index (χ2v) is 18.2. The van der Waals surface area contributed by atoms with Crippen LogP contribution in [-0.2, 0) is 37.4 Å². The van der Waals surface area contributed by atoms with Crippen LogP contribution in [0, 0.1) is 0 Å². The summed E-state index contributed by atoms with van der Waals surface area (Å²) in [5.74, 6) is -0.953. The number of ether oxygens (including phenoxy) is 3. The number of carbonyl (C=O) groups is 2. The number of quaternary nitrogens is 1. The Morgan fingerprint density at radius 3 is 1.69 bits per heavy atom. The lowest BCUT2D eigenvalue weighted by atomic mass is 10.1. The summed E-state index contributed by atoms with van der Waals surface area (Å²) in [7, 11) is 1.10. The summed E-state index contributed by atoms with van der Waals surface area (Å²) in [6.45, 7) is 3.97. The first kappa shape index (κ1) is 56.2. The molecule has 1 heterocycles. The van der Waals surface area contributed by atoms with Crippen LogP contribution in [0.5, 0.6) is 0 Å². The maximum atomic E-state index is 12.7. The SMILES string of the molecule is CC/C=C\CC1OC1C/C=C\C/C=C\C/C=C\C/C=C\CCC(=O)OC[C@H](COP(=O)([O-])OCC[N+](C)(C)C)OC(=O)CCCCCCCCC/C=C\C/C=C\CCCCC. The molecule has 1 saturated heterocycles. The van der Waals surface area contributed by atoms with E-state index in [4.69, 9.17) is 23.3 Å². The number of likely N-dealkylation sites (N-methyl/N-ethyl adjacent to an activating group) is 1. The molecule has 1 aliphatic heterocycles. The number of allylic oxidation sites excluding steroid dienone is 12. The van der Waals surface area contributed by atoms with Crippen LogP contribution in [0.1, 0.15) is 155 Å². The van der Waals surface area contributed by atoms with E-state index >= 15 is 0 Å². The van der Waals surface area contributed by atoms with Gasteiger partial charge in [-0.3, -0.25) is 14.2 Å². The molecular formula is C50H84NO9P. The minimum absolute atomic E-state index is 0.0501. The second-order valence-electron chi connectivity index (χ2n) is 16.8. The van der Waals surface area contributed by atoms with Crippen molar-refractivity contribution in [2.75, 3.05) is 47.5 Å². The van der Waals surface area contributed by atoms with E-state index in [1.165, 1.54) is 44.9 Å². The highest BCUT2D eigenvalue weighted by Crippen LogP contribution is 2.38. The van der Waals surface area contributed by atoms with Gasteiger partial charge in [0, 0.05) is 12.8 Å². The van der Waals surface area contributed by atoms with Gasteiger partial charge < -0.3 is 32.6 Å². The van der Waals surface area contributed by atoms with E-state index < -0.39 is 32.5 Å². The van der Waals surface area contributed by atoms with Crippen LogP contribution in [0.3, 0.4) is 0 Å². The summed E-state index contributed by atoms with van der Waals surface area (Å²) in [6, 6.07) is 0. The third kappa shape index (κ3) is 38.5. The number of rotatable bonds is 40. The molecule has 10 nitrogen and oxygen atoms in total. The predicted molar refractivity (Wildman–Crippen MR) is 249 cm³/mol. The maximum Gasteiger partial charge on any atom is 0.306 e. The number of carbonyl (C=O) groups excluding carboxylic acids is 2. The molecule has 61 heavy (non-hydrogen) atoms. The first-order valence-corrected chi connectivity index (χ1v) is 24.9. The number of epoxide rings is 1. The van der Waals surface area contributed by atoms with Crippen molar-refractivity contribution in [2.45, 2.75) is 173 Å². The van der Waals surface area contributed by atoms with E-state index in [0.717, 1.165) is 70.6 Å². The molecule has 0 spiro atoms. The Bertz CT molecular complexity index is 1380. The van der Waals surface area contributed by atoms with Crippen molar-refractivity contribution in [1.29, 1.82) is 0 Å². The van der Waals surface area contributed by atoms with Crippen molar-refractivity contribution in [1.82, 2.24) is 0 Å². The Balaban J connectivity index is 2.31. The van der Waals surface area contributed by atoms with Gasteiger partial charge in [0.1, 0.15) is 19.8 Å². The highest BCUT2D eigenvalue weighted by Gasteiger charge is 2.36. The Morgan fingerprint density at radius 1 is 0.607 bits per heavy atom. The summed E-state index contributed by atoms with van der Waals surface area (Å²) >= 11 is 0. The zero-order chi connectivity index (χ0) is 44.7. The summed E-state index contributed by atoms with van der Waals surface area (Å²) < 4.78 is 39.5. The van der Waals surface area contributed by atoms with Crippen molar-refractivity contribution in [3.05, 3.63) is 85.1 Å². The van der Waals surface area contributed by atoms with Crippen molar-refractivity contribution in [3.63, 3.8) is 0 Å². The van der Waals surface area contributed by atoms with Gasteiger partial charge in [-0.25, -0.2) is 0 Å². The molecule has 4 atom stereocenters. The number of hydrogen-bond donors (Lipinski definition) is 0. The van der Waals surface area contributed by atoms with Crippen LogP contribution >= 0.6 is 7.82 Å². The van der Waals surface area contributed by atoms with Gasteiger partial charge in [-0.05, 0) is 83.5 Å². The lowest BCUT2D eigenvalue weighted by Gasteiger charge is -2.28. The van der Waals surface area contributed by atoms with Gasteiger partial charge in [0.2, 0.25) is 0 Å². The zero-order valence-electron chi connectivity index (χ0n) is 38.8. The van der Waals surface area contributed by atoms with Crippen LogP contribution in [0.4, 0.5) is 0 Å². The van der Waals surface area contributed by atoms with Crippen LogP contribution in [0.25, 0.3) is 0 Å². The summed E-state index contributed by atoms with van der Waals surface area (Å²) in [5.41, 5.74) is 0. The molecule has 0 amide bonds. The zero-order valence-corrected chi connectivity index (χ0v) is 39.7. The first-order valence-electron chi connectivity index (χ1n) is 23.4. The lowest BCUT2D eigenvalue weighted by Crippen LogP contribution is -2.37. The first-order chi connectivity index (χ1) is 29.5. The van der Waals surface area contributed by atoms with Gasteiger partial charge in [0.05, 0.1) is 40.0 Å². The number of nitrogens with zero attached hydrogens (tertiary/aromatic N) is 1. The quantitative estimate of drug-likeness (QED) is 0.0148. The summed E-state index contributed by atoms with van der Waals surface area (Å²) in [5, 5.41) is 0. The molecule has 0 aromatic rings. The topological polar surface area (TPSA) is 124 Å². The highest BCUT2D eigenvalue weighted by molar-refractivity contribution is 7.45. The van der Waals surface area contributed by atoms with Gasteiger partial charge in [0.25, 0.3) is 7.82 Å². The summed E-state index contributed by atoms with van der Waals surface area (Å²) in [6.07, 6.45) is 50.9. The van der Waals surface area contributed by atoms with E-state index in [0.29, 0.717) is 36.1 Å². The van der Waals surface area contributed by atoms with Gasteiger partial charge in [0.15, 0.2) is 6.10 Å². The number of hydrogen-bond acceptors (Lipinski definition) is 9. The number of esters is 2. The molecule has 1 aliphatic rings. The molecule has 0 aromatic heterocycles. The Morgan fingerprint density at radius 2 is 1.11 bits per heavy atom. The van der Waals surface area contributed by atoms with Crippen molar-refractivity contribution >= 4 is 19.8 Å². The molecule has 3 unspecified atom stereocenters. The van der Waals surface area contributed by atoms with Crippen LogP contribution in [0.2, 0.25) is 0 Å². The van der Waals surface area contributed by atoms with E-state index in [9.17, 15) is 19.0 Å². The lowest BCUT2D eigenvalue weighted by molar-refractivity contribution is -0.870. The van der Waals surface area contributed by atoms with Gasteiger partial charge in [-0.2, -0.15) is 0 Å². The normalized spacial score (nSPS) is 17.6. The Kier molecular flexibility index (Phi) is 34.7. The van der Waals surface area contributed by atoms with Crippen molar-refractivity contribution in [2.24, 2.45) is 0 Å². The molecule has 0 N–H and O–H groups in total. The van der Waals surface area contributed by atoms with Gasteiger partial charge >= 0.3 is 11.9 Å². The molecule has 0 aromatic carbocycles. The third-order valence-corrected chi connectivity index (χ3v) is 10.8. The molecule has 348 valence electrons. The Hall–Kier alpha value is -2.85. The molecule has 0 aliphatic carbocycles. The monoisotopic (exact) mass is 874 g/mol. The van der Waals surface area contributed by atoms with Crippen LogP contribution in [0.15, 0.2) is 85.1 Å². The molecule has 1 fully saturated rings. The van der Waals surface area contributed by atoms with Crippen molar-refractivity contribution < 1.29 is 46.8 Å². The van der Waals surface area contributed by atoms with E-state index in [1.54, 1.807) is 0 Å². The maximum absolute atomic E-state index is 12.7. The predicted octanol–water partition coefficient (Wildman–Crippen LogP) is 11.9. The molecule has 1 rings (SSSR count). The van der Waals surface area contributed by atoms with E-state index in [2.05, 4.69) is 86.8 Å². The average Bonchev–Trinajstić information content (AvgIpc) is 3.97. The largest absolute Gasteiger partial charge is 0.756 e. The van der Waals surface area contributed by atoms with Crippen LogP contribution in [-0.4, -0.2) is 82.2 Å². The second kappa shape index (κ2) is 37.7. The van der Waals surface area contributed by atoms with Crippen LogP contribution < -0.4 is 4.89 Å². The number of phosphoric ester groups is 1. The van der Waals surface area contributed by atoms with Crippen molar-refractivity contribution in [3.8, 4) is 0 Å². The number of unbranched alkanes of at least 4 members (excludes halogenated alkanes) is 10. The third-order valence-electron chi connectivity index (χ3n) is 9.82.